The highest BCUT2D eigenvalue weighted by Crippen LogP contribution is 2.34. The fourth-order valence-corrected chi connectivity index (χ4v) is 4.55. The molecule has 11 heteroatoms. The Kier molecular flexibility index (Phi) is 5.72. The molecule has 0 spiro atoms. The van der Waals surface area contributed by atoms with E-state index < -0.39 is 21.8 Å². The number of sulfonamides is 1. The predicted molar refractivity (Wildman–Crippen MR) is 104 cm³/mol. The van der Waals surface area contributed by atoms with Crippen molar-refractivity contribution in [3.05, 3.63) is 41.6 Å². The molecule has 1 aromatic heterocycles. The van der Waals surface area contributed by atoms with E-state index in [-0.39, 0.29) is 23.5 Å². The van der Waals surface area contributed by atoms with Crippen LogP contribution in [0.25, 0.3) is 0 Å². The minimum Gasteiger partial charge on any atom is -0.354 e. The van der Waals surface area contributed by atoms with Crippen molar-refractivity contribution in [2.24, 2.45) is 0 Å². The Hall–Kier alpha value is -2.40. The summed E-state index contributed by atoms with van der Waals surface area (Å²) in [7, 11) is -0.383. The summed E-state index contributed by atoms with van der Waals surface area (Å²) in [6, 6.07) is 4.87. The van der Waals surface area contributed by atoms with Gasteiger partial charge in [-0.25, -0.2) is 13.4 Å². The van der Waals surface area contributed by atoms with Gasteiger partial charge in [-0.15, -0.1) is 0 Å². The minimum atomic E-state index is -4.61. The number of halogens is 3. The van der Waals surface area contributed by atoms with Gasteiger partial charge < -0.3 is 9.80 Å². The molecule has 0 aliphatic carbocycles. The van der Waals surface area contributed by atoms with Crippen LogP contribution in [0.4, 0.5) is 24.9 Å². The third-order valence-electron chi connectivity index (χ3n) is 4.74. The van der Waals surface area contributed by atoms with Gasteiger partial charge in [-0.3, -0.25) is 0 Å². The highest BCUT2D eigenvalue weighted by atomic mass is 32.2. The molecule has 0 unspecified atom stereocenters. The first kappa shape index (κ1) is 21.3. The number of hydrogen-bond donors (Lipinski definition) is 0. The Balaban J connectivity index is 1.78. The van der Waals surface area contributed by atoms with Gasteiger partial charge in [0.15, 0.2) is 0 Å². The number of nitrogens with zero attached hydrogens (tertiary/aromatic N) is 5. The molecule has 29 heavy (non-hydrogen) atoms. The maximum atomic E-state index is 13.2. The second-order valence-corrected chi connectivity index (χ2v) is 8.91. The smallest absolute Gasteiger partial charge is 0.354 e. The molecule has 0 amide bonds. The number of aryl methyl sites for hydroxylation is 1. The van der Waals surface area contributed by atoms with Gasteiger partial charge in [0, 0.05) is 46.5 Å². The third-order valence-corrected chi connectivity index (χ3v) is 6.64. The first-order chi connectivity index (χ1) is 13.5. The first-order valence-electron chi connectivity index (χ1n) is 8.93. The fourth-order valence-electron chi connectivity index (χ4n) is 3.10. The zero-order valence-electron chi connectivity index (χ0n) is 16.3. The van der Waals surface area contributed by atoms with Gasteiger partial charge in [0.1, 0.15) is 5.82 Å². The van der Waals surface area contributed by atoms with Crippen LogP contribution in [0, 0.1) is 6.92 Å². The van der Waals surface area contributed by atoms with Crippen LogP contribution in [-0.2, 0) is 16.2 Å². The van der Waals surface area contributed by atoms with Crippen molar-refractivity contribution in [2.45, 2.75) is 18.0 Å². The largest absolute Gasteiger partial charge is 0.416 e. The van der Waals surface area contributed by atoms with E-state index in [1.165, 1.54) is 23.4 Å². The molecular weight excluding hydrogens is 407 g/mol. The number of alkyl halides is 3. The lowest BCUT2D eigenvalue weighted by Crippen LogP contribution is -2.49. The maximum absolute atomic E-state index is 13.2. The molecule has 0 saturated carbocycles. The molecule has 2 heterocycles. The van der Waals surface area contributed by atoms with Crippen molar-refractivity contribution in [2.75, 3.05) is 50.1 Å². The first-order valence-corrected chi connectivity index (χ1v) is 10.4. The van der Waals surface area contributed by atoms with E-state index in [4.69, 9.17) is 0 Å². The van der Waals surface area contributed by atoms with Crippen LogP contribution in [0.3, 0.4) is 0 Å². The molecule has 3 rings (SSSR count). The third kappa shape index (κ3) is 4.45. The molecule has 158 valence electrons. The van der Waals surface area contributed by atoms with E-state index in [9.17, 15) is 21.6 Å². The van der Waals surface area contributed by atoms with E-state index >= 15 is 0 Å². The summed E-state index contributed by atoms with van der Waals surface area (Å²) in [6.07, 6.45) is -2.97. The van der Waals surface area contributed by atoms with Gasteiger partial charge in [0.2, 0.25) is 16.0 Å². The van der Waals surface area contributed by atoms with E-state index in [2.05, 4.69) is 9.97 Å². The highest BCUT2D eigenvalue weighted by Gasteiger charge is 2.35. The Morgan fingerprint density at radius 2 is 1.72 bits per heavy atom. The summed E-state index contributed by atoms with van der Waals surface area (Å²) in [5.41, 5.74) is -0.948. The van der Waals surface area contributed by atoms with Crippen LogP contribution in [0.1, 0.15) is 11.1 Å². The highest BCUT2D eigenvalue weighted by molar-refractivity contribution is 7.89. The number of rotatable bonds is 4. The fraction of sp³-hybridized carbons (Fsp3) is 0.444. The number of piperazine rings is 1. The van der Waals surface area contributed by atoms with Crippen LogP contribution in [0.5, 0.6) is 0 Å². The second-order valence-electron chi connectivity index (χ2n) is 6.97. The molecular formula is C18H22F3N5O2S. The van der Waals surface area contributed by atoms with Gasteiger partial charge in [-0.05, 0) is 30.7 Å². The molecule has 0 N–H and O–H groups in total. The number of hydrogen-bond acceptors (Lipinski definition) is 6. The lowest BCUT2D eigenvalue weighted by molar-refractivity contribution is -0.138. The monoisotopic (exact) mass is 429 g/mol. The zero-order valence-corrected chi connectivity index (χ0v) is 17.1. The van der Waals surface area contributed by atoms with E-state index in [0.29, 0.717) is 30.9 Å². The maximum Gasteiger partial charge on any atom is 0.416 e. The summed E-state index contributed by atoms with van der Waals surface area (Å²) >= 11 is 0. The van der Waals surface area contributed by atoms with Gasteiger partial charge in [0.25, 0.3) is 0 Å². The predicted octanol–water partition coefficient (Wildman–Crippen LogP) is 2.38. The second kappa shape index (κ2) is 7.79. The van der Waals surface area contributed by atoms with Gasteiger partial charge >= 0.3 is 6.18 Å². The number of aromatic nitrogens is 2. The molecule has 1 saturated heterocycles. The van der Waals surface area contributed by atoms with Crippen LogP contribution in [0.15, 0.2) is 35.4 Å². The van der Waals surface area contributed by atoms with Crippen molar-refractivity contribution in [3.63, 3.8) is 0 Å². The van der Waals surface area contributed by atoms with E-state index in [1.807, 2.05) is 19.0 Å². The SMILES string of the molecule is Cc1ccc(S(=O)(=O)N2CCN(c3ccnc(N(C)C)n3)CC2)cc1C(F)(F)F. The quantitative estimate of drug-likeness (QED) is 0.744. The summed E-state index contributed by atoms with van der Waals surface area (Å²) in [5, 5.41) is 0. The number of anilines is 2. The Labute approximate surface area is 167 Å². The molecule has 0 atom stereocenters. The topological polar surface area (TPSA) is 69.6 Å². The number of benzene rings is 1. The molecule has 1 fully saturated rings. The van der Waals surface area contributed by atoms with E-state index in [0.717, 1.165) is 0 Å². The van der Waals surface area contributed by atoms with Crippen LogP contribution < -0.4 is 9.80 Å². The molecule has 1 aliphatic heterocycles. The molecule has 0 bridgehead atoms. The molecule has 2 aromatic rings. The van der Waals surface area contributed by atoms with Crippen molar-refractivity contribution >= 4 is 21.8 Å². The molecule has 1 aliphatic rings. The van der Waals surface area contributed by atoms with Gasteiger partial charge in [-0.1, -0.05) is 6.07 Å². The normalized spacial score (nSPS) is 16.1. The zero-order chi connectivity index (χ0) is 21.4. The van der Waals surface area contributed by atoms with Crippen molar-refractivity contribution < 1.29 is 21.6 Å². The lowest BCUT2D eigenvalue weighted by Gasteiger charge is -2.35. The summed E-state index contributed by atoms with van der Waals surface area (Å²) < 4.78 is 66.4. The minimum absolute atomic E-state index is 0.0123. The molecule has 7 nitrogen and oxygen atoms in total. The Morgan fingerprint density at radius 1 is 1.07 bits per heavy atom. The summed E-state index contributed by atoms with van der Waals surface area (Å²) in [5.74, 6) is 1.22. The Morgan fingerprint density at radius 3 is 2.31 bits per heavy atom. The van der Waals surface area contributed by atoms with Gasteiger partial charge in [0.05, 0.1) is 10.5 Å². The summed E-state index contributed by atoms with van der Waals surface area (Å²) in [4.78, 5) is 11.9. The average molecular weight is 429 g/mol. The molecule has 0 radical (unpaired) electrons. The van der Waals surface area contributed by atoms with Crippen LogP contribution >= 0.6 is 0 Å². The van der Waals surface area contributed by atoms with E-state index in [1.54, 1.807) is 17.2 Å². The van der Waals surface area contributed by atoms with Crippen LogP contribution in [0.2, 0.25) is 0 Å². The van der Waals surface area contributed by atoms with Gasteiger partial charge in [-0.2, -0.15) is 22.5 Å². The average Bonchev–Trinajstić information content (AvgIpc) is 2.67. The van der Waals surface area contributed by atoms with Crippen molar-refractivity contribution in [1.82, 2.24) is 14.3 Å². The van der Waals surface area contributed by atoms with Crippen molar-refractivity contribution in [1.29, 1.82) is 0 Å². The lowest BCUT2D eigenvalue weighted by atomic mass is 10.1. The van der Waals surface area contributed by atoms with Crippen LogP contribution in [-0.4, -0.2) is 63.0 Å². The Bertz CT molecular complexity index is 987. The summed E-state index contributed by atoms with van der Waals surface area (Å²) in [6.45, 7) is 2.36. The standard InChI is InChI=1S/C18H22F3N5O2S/c1-13-4-5-14(12-15(13)18(19,20)21)29(27,28)26-10-8-25(9-11-26)16-6-7-22-17(23-16)24(2)3/h4-7,12H,8-11H2,1-3H3. The molecule has 1 aromatic carbocycles. The van der Waals surface area contributed by atoms with Crippen molar-refractivity contribution in [3.8, 4) is 0 Å².